The maximum absolute atomic E-state index is 12.2. The van der Waals surface area contributed by atoms with Crippen LogP contribution in [0.3, 0.4) is 0 Å². The molecule has 0 amide bonds. The van der Waals surface area contributed by atoms with E-state index in [4.69, 9.17) is 4.74 Å². The summed E-state index contributed by atoms with van der Waals surface area (Å²) in [4.78, 5) is 13.6. The van der Waals surface area contributed by atoms with Crippen molar-refractivity contribution in [1.82, 2.24) is 0 Å². The maximum atomic E-state index is 12.2. The summed E-state index contributed by atoms with van der Waals surface area (Å²) >= 11 is 0. The van der Waals surface area contributed by atoms with E-state index in [2.05, 4.69) is 13.8 Å². The summed E-state index contributed by atoms with van der Waals surface area (Å²) in [6, 6.07) is 5.95. The second kappa shape index (κ2) is 11.5. The molecular formula is C18H30ClNO2. The summed E-state index contributed by atoms with van der Waals surface area (Å²) in [5.74, 6) is 0.613. The molecule has 22 heavy (non-hydrogen) atoms. The number of aryl methyl sites for hydroxylation is 2. The average Bonchev–Trinajstić information content (AvgIpc) is 2.46. The molecule has 0 fully saturated rings. The van der Waals surface area contributed by atoms with Gasteiger partial charge < -0.3 is 22.0 Å². The Kier molecular flexibility index (Phi) is 10.9. The zero-order chi connectivity index (χ0) is 15.7. The lowest BCUT2D eigenvalue weighted by molar-refractivity contribution is -0.893. The van der Waals surface area contributed by atoms with Gasteiger partial charge in [0.15, 0.2) is 6.54 Å². The number of esters is 1. The molecule has 0 atom stereocenters. The summed E-state index contributed by atoms with van der Waals surface area (Å²) in [7, 11) is 0. The minimum atomic E-state index is -0.116. The van der Waals surface area contributed by atoms with Crippen LogP contribution in [-0.4, -0.2) is 25.6 Å². The number of quaternary nitrogens is 1. The van der Waals surface area contributed by atoms with Crippen LogP contribution in [0.4, 0.5) is 0 Å². The number of rotatable bonds is 9. The summed E-state index contributed by atoms with van der Waals surface area (Å²) < 4.78 is 5.61. The molecule has 3 nitrogen and oxygen atoms in total. The van der Waals surface area contributed by atoms with Gasteiger partial charge in [0, 0.05) is 0 Å². The van der Waals surface area contributed by atoms with Crippen LogP contribution in [-0.2, 0) is 4.79 Å². The molecule has 1 rings (SSSR count). The van der Waals surface area contributed by atoms with E-state index in [1.54, 1.807) is 0 Å². The SMILES string of the molecule is CCCC[NH+](CCCC)CC(=O)Oc1c(C)cccc1C.[Cl-]. The zero-order valence-corrected chi connectivity index (χ0v) is 15.1. The summed E-state index contributed by atoms with van der Waals surface area (Å²) in [6.07, 6.45) is 4.66. The van der Waals surface area contributed by atoms with Crippen molar-refractivity contribution in [3.05, 3.63) is 29.3 Å². The van der Waals surface area contributed by atoms with Crippen molar-refractivity contribution in [3.8, 4) is 5.75 Å². The Balaban J connectivity index is 0.00000441. The quantitative estimate of drug-likeness (QED) is 0.498. The zero-order valence-electron chi connectivity index (χ0n) is 14.4. The molecule has 1 aromatic rings. The second-order valence-corrected chi connectivity index (χ2v) is 5.83. The van der Waals surface area contributed by atoms with Crippen LogP contribution in [0.15, 0.2) is 18.2 Å². The van der Waals surface area contributed by atoms with Crippen LogP contribution >= 0.6 is 0 Å². The van der Waals surface area contributed by atoms with Gasteiger partial charge in [0.05, 0.1) is 13.1 Å². The number of ether oxygens (including phenoxy) is 1. The molecular weight excluding hydrogens is 298 g/mol. The van der Waals surface area contributed by atoms with Gasteiger partial charge in [0.2, 0.25) is 0 Å². The molecule has 1 N–H and O–H groups in total. The molecule has 0 saturated heterocycles. The van der Waals surface area contributed by atoms with Crippen molar-refractivity contribution < 1.29 is 26.8 Å². The second-order valence-electron chi connectivity index (χ2n) is 5.83. The Bertz CT molecular complexity index is 420. The normalized spacial score (nSPS) is 10.4. The van der Waals surface area contributed by atoms with E-state index in [0.717, 1.165) is 42.8 Å². The molecule has 4 heteroatoms. The molecule has 0 saturated carbocycles. The van der Waals surface area contributed by atoms with E-state index in [1.807, 2.05) is 32.0 Å². The minimum Gasteiger partial charge on any atom is -1.00 e. The molecule has 0 aliphatic carbocycles. The standard InChI is InChI=1S/C18H29NO2.ClH/c1-5-7-12-19(13-8-6-2)14-17(20)21-18-15(3)10-9-11-16(18)4;/h9-11H,5-8,12-14H2,1-4H3;1H. The number of carbonyl (C=O) groups is 1. The number of hydrogen-bond acceptors (Lipinski definition) is 2. The topological polar surface area (TPSA) is 30.7 Å². The third-order valence-corrected chi connectivity index (χ3v) is 3.79. The van der Waals surface area contributed by atoms with Gasteiger partial charge >= 0.3 is 5.97 Å². The average molecular weight is 328 g/mol. The van der Waals surface area contributed by atoms with Crippen LogP contribution in [0.1, 0.15) is 50.7 Å². The van der Waals surface area contributed by atoms with Gasteiger partial charge in [-0.05, 0) is 37.8 Å². The summed E-state index contributed by atoms with van der Waals surface area (Å²) in [6.45, 7) is 10.9. The van der Waals surface area contributed by atoms with Crippen LogP contribution in [0, 0.1) is 13.8 Å². The highest BCUT2D eigenvalue weighted by atomic mass is 35.5. The van der Waals surface area contributed by atoms with Crippen LogP contribution in [0.2, 0.25) is 0 Å². The number of carbonyl (C=O) groups excluding carboxylic acids is 1. The lowest BCUT2D eigenvalue weighted by Crippen LogP contribution is -3.13. The summed E-state index contributed by atoms with van der Waals surface area (Å²) in [5.41, 5.74) is 2.04. The number of benzene rings is 1. The number of unbranched alkanes of at least 4 members (excludes halogenated alkanes) is 2. The molecule has 0 spiro atoms. The van der Waals surface area contributed by atoms with E-state index >= 15 is 0 Å². The van der Waals surface area contributed by atoms with Crippen molar-refractivity contribution in [2.75, 3.05) is 19.6 Å². The van der Waals surface area contributed by atoms with E-state index in [1.165, 1.54) is 17.7 Å². The lowest BCUT2D eigenvalue weighted by Gasteiger charge is -2.18. The first kappa shape index (κ1) is 20.9. The predicted molar refractivity (Wildman–Crippen MR) is 86.9 cm³/mol. The number of hydrogen-bond donors (Lipinski definition) is 1. The number of halogens is 1. The minimum absolute atomic E-state index is 0. The van der Waals surface area contributed by atoms with Gasteiger partial charge in [-0.2, -0.15) is 0 Å². The Morgan fingerprint density at radius 2 is 1.55 bits per heavy atom. The highest BCUT2D eigenvalue weighted by Gasteiger charge is 2.17. The van der Waals surface area contributed by atoms with E-state index in [9.17, 15) is 4.79 Å². The predicted octanol–water partition coefficient (Wildman–Crippen LogP) is -0.302. The van der Waals surface area contributed by atoms with Crippen LogP contribution in [0.25, 0.3) is 0 Å². The fraction of sp³-hybridized carbons (Fsp3) is 0.611. The molecule has 0 unspecified atom stereocenters. The Morgan fingerprint density at radius 3 is 2.00 bits per heavy atom. The van der Waals surface area contributed by atoms with Gasteiger partial charge in [0.1, 0.15) is 5.75 Å². The largest absolute Gasteiger partial charge is 1.00 e. The van der Waals surface area contributed by atoms with Gasteiger partial charge in [-0.25, -0.2) is 4.79 Å². The van der Waals surface area contributed by atoms with Gasteiger partial charge in [-0.15, -0.1) is 0 Å². The molecule has 0 aliphatic heterocycles. The molecule has 0 heterocycles. The fourth-order valence-electron chi connectivity index (χ4n) is 2.47. The monoisotopic (exact) mass is 327 g/mol. The summed E-state index contributed by atoms with van der Waals surface area (Å²) in [5, 5.41) is 0. The van der Waals surface area contributed by atoms with Crippen molar-refractivity contribution in [2.45, 2.75) is 53.4 Å². The Labute approximate surface area is 141 Å². The van der Waals surface area contributed by atoms with Gasteiger partial charge in [0.25, 0.3) is 0 Å². The van der Waals surface area contributed by atoms with Crippen molar-refractivity contribution in [3.63, 3.8) is 0 Å². The smallest absolute Gasteiger partial charge is 0.367 e. The molecule has 0 aromatic heterocycles. The van der Waals surface area contributed by atoms with Crippen molar-refractivity contribution in [1.29, 1.82) is 0 Å². The highest BCUT2D eigenvalue weighted by molar-refractivity contribution is 5.74. The van der Waals surface area contributed by atoms with Crippen molar-refractivity contribution in [2.24, 2.45) is 0 Å². The number of nitrogens with one attached hydrogen (secondary N) is 1. The van der Waals surface area contributed by atoms with Crippen LogP contribution < -0.4 is 22.0 Å². The first-order chi connectivity index (χ1) is 10.1. The first-order valence-electron chi connectivity index (χ1n) is 8.18. The Morgan fingerprint density at radius 1 is 1.05 bits per heavy atom. The molecule has 0 aliphatic rings. The van der Waals surface area contributed by atoms with E-state index in [0.29, 0.717) is 6.54 Å². The van der Waals surface area contributed by atoms with E-state index in [-0.39, 0.29) is 18.4 Å². The van der Waals surface area contributed by atoms with Crippen LogP contribution in [0.5, 0.6) is 5.75 Å². The van der Waals surface area contributed by atoms with E-state index < -0.39 is 0 Å². The first-order valence-corrected chi connectivity index (χ1v) is 8.18. The van der Waals surface area contributed by atoms with Gasteiger partial charge in [-0.3, -0.25) is 0 Å². The Hall–Kier alpha value is -1.06. The third-order valence-electron chi connectivity index (χ3n) is 3.79. The molecule has 0 bridgehead atoms. The highest BCUT2D eigenvalue weighted by Crippen LogP contribution is 2.22. The maximum Gasteiger partial charge on any atom is 0.367 e. The lowest BCUT2D eigenvalue weighted by atomic mass is 10.1. The molecule has 0 radical (unpaired) electrons. The van der Waals surface area contributed by atoms with Crippen molar-refractivity contribution >= 4 is 5.97 Å². The third kappa shape index (κ3) is 7.28. The molecule has 1 aromatic carbocycles. The number of para-hydroxylation sites is 1. The van der Waals surface area contributed by atoms with Gasteiger partial charge in [-0.1, -0.05) is 44.9 Å². The fourth-order valence-corrected chi connectivity index (χ4v) is 2.47. The molecule has 126 valence electrons.